The molecule has 1 fully saturated rings. The number of hydrogen-bond acceptors (Lipinski definition) is 4. The van der Waals surface area contributed by atoms with Crippen LogP contribution < -0.4 is 0 Å². The number of rotatable bonds is 9. The maximum absolute atomic E-state index is 12.5. The first-order valence-electron chi connectivity index (χ1n) is 12.4. The molecule has 32 heavy (non-hydrogen) atoms. The second-order valence-electron chi connectivity index (χ2n) is 10.8. The fourth-order valence-corrected chi connectivity index (χ4v) is 7.66. The largest absolute Gasteiger partial charge is 0.343 e. The third kappa shape index (κ3) is 5.93. The molecule has 0 spiro atoms. The Kier molecular flexibility index (Phi) is 8.08. The second kappa shape index (κ2) is 10.3. The van der Waals surface area contributed by atoms with Gasteiger partial charge in [0, 0.05) is 37.0 Å². The zero-order chi connectivity index (χ0) is 23.5. The third-order valence-electron chi connectivity index (χ3n) is 7.19. The van der Waals surface area contributed by atoms with Gasteiger partial charge in [0.2, 0.25) is 5.91 Å². The van der Waals surface area contributed by atoms with Crippen molar-refractivity contribution in [2.45, 2.75) is 102 Å². The maximum Gasteiger partial charge on any atom is 0.222 e. The van der Waals surface area contributed by atoms with E-state index in [0.29, 0.717) is 29.3 Å². The highest BCUT2D eigenvalue weighted by Gasteiger charge is 2.40. The first-order chi connectivity index (χ1) is 15.0. The predicted molar refractivity (Wildman–Crippen MR) is 131 cm³/mol. The average molecular weight is 463 g/mol. The minimum atomic E-state index is -3.16. The molecule has 0 N–H and O–H groups in total. The van der Waals surface area contributed by atoms with Crippen LogP contribution in [-0.2, 0) is 26.5 Å². The number of benzene rings is 1. The molecule has 2 heterocycles. The molecule has 0 bridgehead atoms. The molecule has 2 aliphatic rings. The van der Waals surface area contributed by atoms with Gasteiger partial charge in [-0.1, -0.05) is 32.4 Å². The van der Waals surface area contributed by atoms with Gasteiger partial charge >= 0.3 is 0 Å². The summed E-state index contributed by atoms with van der Waals surface area (Å²) < 4.78 is 24.9. The standard InChI is InChI=1S/C26H42N2O3S/c1-20(2)28(16-10-9-15-27-14-8-6-7-11-25(27)29)21(3)17-22-12-13-24-23(18-22)26(4,5)19-32(24,30)31/h12-13,18,20-21H,6-11,14-17,19H2,1-5H3. The summed E-state index contributed by atoms with van der Waals surface area (Å²) in [6, 6.07) is 6.75. The third-order valence-corrected chi connectivity index (χ3v) is 9.31. The maximum atomic E-state index is 12.5. The zero-order valence-corrected chi connectivity index (χ0v) is 21.5. The van der Waals surface area contributed by atoms with E-state index in [1.54, 1.807) is 0 Å². The molecule has 1 saturated heterocycles. The minimum absolute atomic E-state index is 0.200. The highest BCUT2D eigenvalue weighted by molar-refractivity contribution is 7.91. The first-order valence-corrected chi connectivity index (χ1v) is 14.1. The summed E-state index contributed by atoms with van der Waals surface area (Å²) in [4.78, 5) is 17.3. The molecule has 1 atom stereocenters. The molecule has 5 nitrogen and oxygen atoms in total. The van der Waals surface area contributed by atoms with E-state index in [1.165, 1.54) is 12.0 Å². The Labute approximate surface area is 195 Å². The number of amides is 1. The van der Waals surface area contributed by atoms with Crippen LogP contribution >= 0.6 is 0 Å². The molecular weight excluding hydrogens is 420 g/mol. The van der Waals surface area contributed by atoms with Crippen molar-refractivity contribution in [2.75, 3.05) is 25.4 Å². The Morgan fingerprint density at radius 1 is 1.09 bits per heavy atom. The van der Waals surface area contributed by atoms with Gasteiger partial charge in [0.25, 0.3) is 0 Å². The zero-order valence-electron chi connectivity index (χ0n) is 20.7. The average Bonchev–Trinajstić information content (AvgIpc) is 2.81. The van der Waals surface area contributed by atoms with Crippen LogP contribution in [0.1, 0.15) is 84.3 Å². The molecule has 6 heteroatoms. The molecule has 0 radical (unpaired) electrons. The summed E-state index contributed by atoms with van der Waals surface area (Å²) in [5, 5.41) is 0. The van der Waals surface area contributed by atoms with Gasteiger partial charge in [-0.25, -0.2) is 8.42 Å². The summed E-state index contributed by atoms with van der Waals surface area (Å²) in [5.74, 6) is 0.532. The lowest BCUT2D eigenvalue weighted by molar-refractivity contribution is -0.130. The molecule has 1 aromatic rings. The predicted octanol–water partition coefficient (Wildman–Crippen LogP) is 4.58. The van der Waals surface area contributed by atoms with E-state index in [2.05, 4.69) is 36.6 Å². The van der Waals surface area contributed by atoms with Crippen molar-refractivity contribution in [3.63, 3.8) is 0 Å². The Balaban J connectivity index is 1.57. The van der Waals surface area contributed by atoms with Gasteiger partial charge < -0.3 is 4.90 Å². The van der Waals surface area contributed by atoms with E-state index in [-0.39, 0.29) is 11.2 Å². The number of unbranched alkanes of at least 4 members (excludes halogenated alkanes) is 1. The lowest BCUT2D eigenvalue weighted by atomic mass is 9.85. The molecule has 3 rings (SSSR count). The van der Waals surface area contributed by atoms with Crippen molar-refractivity contribution in [1.29, 1.82) is 0 Å². The summed E-state index contributed by atoms with van der Waals surface area (Å²) in [5.41, 5.74) is 1.86. The number of sulfone groups is 1. The van der Waals surface area contributed by atoms with E-state index in [1.807, 2.05) is 26.0 Å². The van der Waals surface area contributed by atoms with Crippen molar-refractivity contribution in [1.82, 2.24) is 9.80 Å². The molecule has 0 aliphatic carbocycles. The van der Waals surface area contributed by atoms with Crippen molar-refractivity contribution in [3.8, 4) is 0 Å². The van der Waals surface area contributed by atoms with Gasteiger partial charge in [-0.15, -0.1) is 0 Å². The van der Waals surface area contributed by atoms with Crippen LogP contribution in [0.3, 0.4) is 0 Å². The SMILES string of the molecule is CC(C)N(CCCCN1CCCCCC1=O)C(C)Cc1ccc2c(c1)C(C)(C)CS2(=O)=O. The molecule has 1 aromatic carbocycles. The van der Waals surface area contributed by atoms with Crippen molar-refractivity contribution >= 4 is 15.7 Å². The second-order valence-corrected chi connectivity index (χ2v) is 12.7. The lowest BCUT2D eigenvalue weighted by Gasteiger charge is -2.33. The summed E-state index contributed by atoms with van der Waals surface area (Å²) >= 11 is 0. The minimum Gasteiger partial charge on any atom is -0.343 e. The highest BCUT2D eigenvalue weighted by atomic mass is 32.2. The van der Waals surface area contributed by atoms with Crippen LogP contribution in [0.5, 0.6) is 0 Å². The van der Waals surface area contributed by atoms with E-state index in [0.717, 1.165) is 57.3 Å². The first kappa shape index (κ1) is 25.2. The van der Waals surface area contributed by atoms with Gasteiger partial charge in [-0.3, -0.25) is 9.69 Å². The monoisotopic (exact) mass is 462 g/mol. The molecule has 1 amide bonds. The Morgan fingerprint density at radius 2 is 1.84 bits per heavy atom. The fourth-order valence-electron chi connectivity index (χ4n) is 5.45. The number of likely N-dealkylation sites (tertiary alicyclic amines) is 1. The van der Waals surface area contributed by atoms with Gasteiger partial charge in [0.05, 0.1) is 10.6 Å². The van der Waals surface area contributed by atoms with Crippen LogP contribution in [0.2, 0.25) is 0 Å². The van der Waals surface area contributed by atoms with Gasteiger partial charge in [0.1, 0.15) is 0 Å². The van der Waals surface area contributed by atoms with E-state index >= 15 is 0 Å². The Hall–Kier alpha value is -1.40. The van der Waals surface area contributed by atoms with Crippen LogP contribution in [0, 0.1) is 0 Å². The van der Waals surface area contributed by atoms with Crippen molar-refractivity contribution in [3.05, 3.63) is 29.3 Å². The number of carbonyl (C=O) groups excluding carboxylic acids is 1. The fraction of sp³-hybridized carbons (Fsp3) is 0.731. The molecule has 0 saturated carbocycles. The van der Waals surface area contributed by atoms with Crippen LogP contribution in [0.4, 0.5) is 0 Å². The summed E-state index contributed by atoms with van der Waals surface area (Å²) in [6.07, 6.45) is 7.11. The lowest BCUT2D eigenvalue weighted by Crippen LogP contribution is -2.41. The quantitative estimate of drug-likeness (QED) is 0.504. The summed E-state index contributed by atoms with van der Waals surface area (Å²) in [7, 11) is -3.16. The van der Waals surface area contributed by atoms with Gasteiger partial charge in [0.15, 0.2) is 9.84 Å². The highest BCUT2D eigenvalue weighted by Crippen LogP contribution is 2.40. The Morgan fingerprint density at radius 3 is 2.56 bits per heavy atom. The van der Waals surface area contributed by atoms with Crippen molar-refractivity contribution < 1.29 is 13.2 Å². The van der Waals surface area contributed by atoms with Crippen molar-refractivity contribution in [2.24, 2.45) is 0 Å². The molecular formula is C26H42N2O3S. The van der Waals surface area contributed by atoms with Crippen LogP contribution in [0.15, 0.2) is 23.1 Å². The van der Waals surface area contributed by atoms with E-state index in [4.69, 9.17) is 0 Å². The normalized spacial score (nSPS) is 21.1. The number of fused-ring (bicyclic) bond motifs is 1. The molecule has 0 aromatic heterocycles. The number of hydrogen-bond donors (Lipinski definition) is 0. The Bertz CT molecular complexity index is 908. The molecule has 180 valence electrons. The molecule has 2 aliphatic heterocycles. The van der Waals surface area contributed by atoms with E-state index < -0.39 is 9.84 Å². The van der Waals surface area contributed by atoms with Gasteiger partial charge in [-0.05, 0) is 76.6 Å². The topological polar surface area (TPSA) is 57.7 Å². The molecule has 1 unspecified atom stereocenters. The van der Waals surface area contributed by atoms with Crippen LogP contribution in [-0.4, -0.2) is 61.6 Å². The number of carbonyl (C=O) groups is 1. The smallest absolute Gasteiger partial charge is 0.222 e. The number of nitrogens with zero attached hydrogens (tertiary/aromatic N) is 2. The summed E-state index contributed by atoms with van der Waals surface area (Å²) in [6.45, 7) is 13.6. The van der Waals surface area contributed by atoms with Crippen LogP contribution in [0.25, 0.3) is 0 Å². The van der Waals surface area contributed by atoms with E-state index in [9.17, 15) is 13.2 Å². The van der Waals surface area contributed by atoms with Gasteiger partial charge in [-0.2, -0.15) is 0 Å².